The monoisotopic (exact) mass is 187 g/mol. The van der Waals surface area contributed by atoms with Crippen molar-refractivity contribution in [3.8, 4) is 0 Å². The highest BCUT2D eigenvalue weighted by molar-refractivity contribution is 5.75. The van der Waals surface area contributed by atoms with Crippen molar-refractivity contribution >= 4 is 5.91 Å². The summed E-state index contributed by atoms with van der Waals surface area (Å²) >= 11 is 0. The van der Waals surface area contributed by atoms with Crippen LogP contribution in [0.5, 0.6) is 0 Å². The molecule has 5 nitrogen and oxygen atoms in total. The molecule has 5 heteroatoms. The summed E-state index contributed by atoms with van der Waals surface area (Å²) in [5.41, 5.74) is 4.98. The first kappa shape index (κ1) is 10.4. The van der Waals surface area contributed by atoms with Crippen LogP contribution in [0.3, 0.4) is 0 Å². The van der Waals surface area contributed by atoms with Gasteiger partial charge < -0.3 is 20.7 Å². The van der Waals surface area contributed by atoms with Crippen LogP contribution in [-0.4, -0.2) is 56.7 Å². The highest BCUT2D eigenvalue weighted by Crippen LogP contribution is 2.00. The van der Waals surface area contributed by atoms with Gasteiger partial charge >= 0.3 is 0 Å². The van der Waals surface area contributed by atoms with Gasteiger partial charge in [-0.25, -0.2) is 0 Å². The minimum Gasteiger partial charge on any atom is -0.374 e. The Hall–Kier alpha value is -0.650. The quantitative estimate of drug-likeness (QED) is 0.556. The summed E-state index contributed by atoms with van der Waals surface area (Å²) in [5, 5.41) is 2.95. The Labute approximate surface area is 78.2 Å². The lowest BCUT2D eigenvalue weighted by Crippen LogP contribution is -2.46. The van der Waals surface area contributed by atoms with E-state index in [4.69, 9.17) is 10.5 Å². The van der Waals surface area contributed by atoms with Crippen molar-refractivity contribution in [3.63, 3.8) is 0 Å². The number of amides is 1. The number of likely N-dealkylation sites (N-methyl/N-ethyl adjacent to an activating group) is 1. The SMILES string of the molecule is CN1CCO[C@@H](CNCC(N)=O)C1. The van der Waals surface area contributed by atoms with Gasteiger partial charge in [-0.1, -0.05) is 0 Å². The van der Waals surface area contributed by atoms with Crippen molar-refractivity contribution in [2.24, 2.45) is 5.73 Å². The third-order valence-electron chi connectivity index (χ3n) is 2.01. The zero-order valence-electron chi connectivity index (χ0n) is 7.95. The molecule has 1 fully saturated rings. The minimum absolute atomic E-state index is 0.179. The molecule has 3 N–H and O–H groups in total. The molecule has 0 aliphatic carbocycles. The molecule has 1 aliphatic heterocycles. The van der Waals surface area contributed by atoms with Crippen molar-refractivity contribution in [2.45, 2.75) is 6.10 Å². The summed E-state index contributed by atoms with van der Waals surface area (Å²) in [6, 6.07) is 0. The molecule has 1 rings (SSSR count). The number of ether oxygens (including phenoxy) is 1. The standard InChI is InChI=1S/C8H17N3O2/c1-11-2-3-13-7(6-11)4-10-5-8(9)12/h7,10H,2-6H2,1H3,(H2,9,12)/t7-/m0/s1. The predicted octanol–water partition coefficient (Wildman–Crippen LogP) is -1.61. The smallest absolute Gasteiger partial charge is 0.231 e. The third-order valence-corrected chi connectivity index (χ3v) is 2.01. The molecule has 0 unspecified atom stereocenters. The average Bonchev–Trinajstić information content (AvgIpc) is 2.03. The van der Waals surface area contributed by atoms with E-state index in [0.717, 1.165) is 19.7 Å². The highest BCUT2D eigenvalue weighted by Gasteiger charge is 2.16. The molecule has 0 aromatic carbocycles. The van der Waals surface area contributed by atoms with E-state index in [2.05, 4.69) is 17.3 Å². The molecule has 1 aliphatic rings. The zero-order valence-corrected chi connectivity index (χ0v) is 7.95. The van der Waals surface area contributed by atoms with E-state index in [0.29, 0.717) is 6.54 Å². The number of nitrogens with zero attached hydrogens (tertiary/aromatic N) is 1. The molecule has 0 saturated carbocycles. The molecule has 0 spiro atoms. The van der Waals surface area contributed by atoms with E-state index >= 15 is 0 Å². The van der Waals surface area contributed by atoms with Crippen molar-refractivity contribution in [3.05, 3.63) is 0 Å². The van der Waals surface area contributed by atoms with Crippen molar-refractivity contribution in [2.75, 3.05) is 39.8 Å². The fourth-order valence-corrected chi connectivity index (χ4v) is 1.35. The maximum atomic E-state index is 10.4. The van der Waals surface area contributed by atoms with Crippen LogP contribution < -0.4 is 11.1 Å². The van der Waals surface area contributed by atoms with Gasteiger partial charge in [0, 0.05) is 19.6 Å². The zero-order chi connectivity index (χ0) is 9.68. The summed E-state index contributed by atoms with van der Waals surface area (Å²) in [5.74, 6) is -0.329. The van der Waals surface area contributed by atoms with E-state index < -0.39 is 0 Å². The van der Waals surface area contributed by atoms with Gasteiger partial charge in [0.2, 0.25) is 5.91 Å². The Bertz CT molecular complexity index is 175. The van der Waals surface area contributed by atoms with Gasteiger partial charge in [0.1, 0.15) is 0 Å². The molecule has 1 heterocycles. The van der Waals surface area contributed by atoms with Crippen LogP contribution in [0.15, 0.2) is 0 Å². The second kappa shape index (κ2) is 5.16. The van der Waals surface area contributed by atoms with Crippen LogP contribution >= 0.6 is 0 Å². The molecule has 1 amide bonds. The van der Waals surface area contributed by atoms with Gasteiger partial charge in [0.25, 0.3) is 0 Å². The summed E-state index contributed by atoms with van der Waals surface area (Å²) in [6.07, 6.45) is 0.179. The summed E-state index contributed by atoms with van der Waals surface area (Å²) < 4.78 is 5.47. The van der Waals surface area contributed by atoms with Gasteiger partial charge in [-0.3, -0.25) is 4.79 Å². The van der Waals surface area contributed by atoms with Crippen LogP contribution in [0, 0.1) is 0 Å². The number of hydrogen-bond donors (Lipinski definition) is 2. The maximum Gasteiger partial charge on any atom is 0.231 e. The number of hydrogen-bond acceptors (Lipinski definition) is 4. The normalized spacial score (nSPS) is 24.5. The van der Waals surface area contributed by atoms with E-state index in [1.165, 1.54) is 0 Å². The molecule has 0 aromatic rings. The number of carbonyl (C=O) groups excluding carboxylic acids is 1. The topological polar surface area (TPSA) is 67.6 Å². The predicted molar refractivity (Wildman–Crippen MR) is 49.3 cm³/mol. The second-order valence-electron chi connectivity index (χ2n) is 3.35. The Morgan fingerprint density at radius 2 is 2.54 bits per heavy atom. The number of morpholine rings is 1. The first-order chi connectivity index (χ1) is 6.18. The molecule has 0 aromatic heterocycles. The van der Waals surface area contributed by atoms with Crippen LogP contribution in [0.1, 0.15) is 0 Å². The van der Waals surface area contributed by atoms with Crippen molar-refractivity contribution < 1.29 is 9.53 Å². The molecule has 1 atom stereocenters. The summed E-state index contributed by atoms with van der Waals surface area (Å²) in [7, 11) is 2.06. The molecular formula is C8H17N3O2. The minimum atomic E-state index is -0.329. The van der Waals surface area contributed by atoms with Gasteiger partial charge in [-0.2, -0.15) is 0 Å². The first-order valence-corrected chi connectivity index (χ1v) is 4.47. The molecular weight excluding hydrogens is 170 g/mol. The highest BCUT2D eigenvalue weighted by atomic mass is 16.5. The maximum absolute atomic E-state index is 10.4. The lowest BCUT2D eigenvalue weighted by molar-refractivity contribution is -0.117. The van der Waals surface area contributed by atoms with E-state index in [1.807, 2.05) is 0 Å². The Balaban J connectivity index is 2.10. The number of rotatable bonds is 4. The van der Waals surface area contributed by atoms with Gasteiger partial charge in [0.15, 0.2) is 0 Å². The van der Waals surface area contributed by atoms with Crippen LogP contribution in [-0.2, 0) is 9.53 Å². The average molecular weight is 187 g/mol. The van der Waals surface area contributed by atoms with Gasteiger partial charge in [0.05, 0.1) is 19.3 Å². The lowest BCUT2D eigenvalue weighted by Gasteiger charge is -2.30. The number of primary amides is 1. The van der Waals surface area contributed by atoms with Crippen LogP contribution in [0.2, 0.25) is 0 Å². The molecule has 76 valence electrons. The van der Waals surface area contributed by atoms with Crippen molar-refractivity contribution in [1.82, 2.24) is 10.2 Å². The Morgan fingerprint density at radius 3 is 3.15 bits per heavy atom. The Kier molecular flexibility index (Phi) is 4.14. The molecule has 1 saturated heterocycles. The first-order valence-electron chi connectivity index (χ1n) is 4.47. The number of nitrogens with one attached hydrogen (secondary N) is 1. The largest absolute Gasteiger partial charge is 0.374 e. The molecule has 13 heavy (non-hydrogen) atoms. The lowest BCUT2D eigenvalue weighted by atomic mass is 10.3. The molecule has 0 bridgehead atoms. The third kappa shape index (κ3) is 4.21. The van der Waals surface area contributed by atoms with Crippen LogP contribution in [0.25, 0.3) is 0 Å². The fraction of sp³-hybridized carbons (Fsp3) is 0.875. The Morgan fingerprint density at radius 1 is 1.77 bits per heavy atom. The summed E-state index contributed by atoms with van der Waals surface area (Å²) in [6.45, 7) is 3.56. The van der Waals surface area contributed by atoms with Crippen LogP contribution in [0.4, 0.5) is 0 Å². The molecule has 0 radical (unpaired) electrons. The van der Waals surface area contributed by atoms with Gasteiger partial charge in [-0.05, 0) is 7.05 Å². The van der Waals surface area contributed by atoms with E-state index in [1.54, 1.807) is 0 Å². The van der Waals surface area contributed by atoms with Gasteiger partial charge in [-0.15, -0.1) is 0 Å². The van der Waals surface area contributed by atoms with Crippen molar-refractivity contribution in [1.29, 1.82) is 0 Å². The number of nitrogens with two attached hydrogens (primary N) is 1. The van der Waals surface area contributed by atoms with E-state index in [9.17, 15) is 4.79 Å². The second-order valence-corrected chi connectivity index (χ2v) is 3.35. The summed E-state index contributed by atoms with van der Waals surface area (Å²) in [4.78, 5) is 12.6. The fourth-order valence-electron chi connectivity index (χ4n) is 1.35. The number of carbonyl (C=O) groups is 1. The van der Waals surface area contributed by atoms with E-state index in [-0.39, 0.29) is 18.6 Å².